The summed E-state index contributed by atoms with van der Waals surface area (Å²) in [6, 6.07) is 15.5. The zero-order valence-corrected chi connectivity index (χ0v) is 14.5. The highest BCUT2D eigenvalue weighted by molar-refractivity contribution is 5.38. The van der Waals surface area contributed by atoms with Crippen LogP contribution >= 0.6 is 0 Å². The largest absolute Gasteiger partial charge is 0.462 e. The van der Waals surface area contributed by atoms with E-state index in [1.807, 2.05) is 43.3 Å². The molecular formula is C20H24O6. The Bertz CT molecular complexity index is 714. The number of hydrogen-bond donors (Lipinski definition) is 4. The average molecular weight is 360 g/mol. The van der Waals surface area contributed by atoms with Gasteiger partial charge >= 0.3 is 0 Å². The van der Waals surface area contributed by atoms with Crippen molar-refractivity contribution in [1.82, 2.24) is 0 Å². The smallest absolute Gasteiger partial charge is 0.229 e. The van der Waals surface area contributed by atoms with Gasteiger partial charge in [0.25, 0.3) is 0 Å². The van der Waals surface area contributed by atoms with Crippen molar-refractivity contribution in [3.63, 3.8) is 0 Å². The number of para-hydroxylation sites is 1. The quantitative estimate of drug-likeness (QED) is 0.628. The number of aliphatic hydroxyl groups is 4. The van der Waals surface area contributed by atoms with E-state index in [1.54, 1.807) is 12.1 Å². The van der Waals surface area contributed by atoms with E-state index in [2.05, 4.69) is 0 Å². The molecule has 1 aliphatic rings. The van der Waals surface area contributed by atoms with Gasteiger partial charge in [0.1, 0.15) is 30.2 Å². The molecule has 4 N–H and O–H groups in total. The fraction of sp³-hybridized carbons (Fsp3) is 0.400. The predicted octanol–water partition coefficient (Wildman–Crippen LogP) is 0.765. The Morgan fingerprint density at radius 1 is 0.923 bits per heavy atom. The summed E-state index contributed by atoms with van der Waals surface area (Å²) in [4.78, 5) is 0. The van der Waals surface area contributed by atoms with Gasteiger partial charge in [-0.25, -0.2) is 0 Å². The molecule has 5 atom stereocenters. The van der Waals surface area contributed by atoms with Crippen LogP contribution in [-0.2, 0) is 11.2 Å². The minimum Gasteiger partial charge on any atom is -0.462 e. The maximum absolute atomic E-state index is 10.2. The summed E-state index contributed by atoms with van der Waals surface area (Å²) in [5.74, 6) is 0.511. The van der Waals surface area contributed by atoms with Crippen LogP contribution < -0.4 is 4.74 Å². The predicted molar refractivity (Wildman–Crippen MR) is 94.8 cm³/mol. The first-order valence-electron chi connectivity index (χ1n) is 8.60. The normalized spacial score (nSPS) is 28.7. The fourth-order valence-electron chi connectivity index (χ4n) is 2.98. The standard InChI is InChI=1S/C20H24O6/c1-12-6-8-13(9-7-12)10-14-4-2-3-5-15(14)25-20-19(24)18(23)17(22)16(11-21)26-20/h2-9,16-24H,10-11H2,1H3/t16-,17-,18+,19-,20+/m1/s1. The first kappa shape index (κ1) is 18.8. The summed E-state index contributed by atoms with van der Waals surface area (Å²) in [6.07, 6.45) is -5.85. The summed E-state index contributed by atoms with van der Waals surface area (Å²) in [6.45, 7) is 1.54. The molecule has 1 aliphatic heterocycles. The van der Waals surface area contributed by atoms with E-state index in [9.17, 15) is 20.4 Å². The number of aryl methyl sites for hydroxylation is 1. The zero-order valence-electron chi connectivity index (χ0n) is 14.5. The van der Waals surface area contributed by atoms with E-state index in [1.165, 1.54) is 5.56 Å². The van der Waals surface area contributed by atoms with Crippen LogP contribution in [0.1, 0.15) is 16.7 Å². The van der Waals surface area contributed by atoms with Crippen molar-refractivity contribution < 1.29 is 29.9 Å². The van der Waals surface area contributed by atoms with E-state index in [4.69, 9.17) is 9.47 Å². The second kappa shape index (κ2) is 8.16. The topological polar surface area (TPSA) is 99.4 Å². The van der Waals surface area contributed by atoms with Crippen LogP contribution in [0.2, 0.25) is 0 Å². The first-order valence-corrected chi connectivity index (χ1v) is 8.60. The molecule has 0 bridgehead atoms. The zero-order chi connectivity index (χ0) is 18.7. The van der Waals surface area contributed by atoms with Gasteiger partial charge in [0.05, 0.1) is 6.61 Å². The van der Waals surface area contributed by atoms with Gasteiger partial charge in [-0.05, 0) is 24.1 Å². The van der Waals surface area contributed by atoms with E-state index in [0.29, 0.717) is 12.2 Å². The summed E-state index contributed by atoms with van der Waals surface area (Å²) in [5, 5.41) is 39.2. The van der Waals surface area contributed by atoms with Crippen molar-refractivity contribution in [2.24, 2.45) is 0 Å². The molecule has 2 aromatic carbocycles. The molecule has 6 nitrogen and oxygen atoms in total. The molecular weight excluding hydrogens is 336 g/mol. The monoisotopic (exact) mass is 360 g/mol. The van der Waals surface area contributed by atoms with Gasteiger partial charge < -0.3 is 29.9 Å². The number of benzene rings is 2. The molecule has 1 heterocycles. The number of hydrogen-bond acceptors (Lipinski definition) is 6. The van der Waals surface area contributed by atoms with Gasteiger partial charge in [0.15, 0.2) is 0 Å². The Labute approximate surface area is 152 Å². The molecule has 0 amide bonds. The van der Waals surface area contributed by atoms with Crippen molar-refractivity contribution in [3.05, 3.63) is 65.2 Å². The summed E-state index contributed by atoms with van der Waals surface area (Å²) < 4.78 is 11.2. The average Bonchev–Trinajstić information content (AvgIpc) is 2.65. The third-order valence-electron chi connectivity index (χ3n) is 4.58. The van der Waals surface area contributed by atoms with Gasteiger partial charge in [-0.15, -0.1) is 0 Å². The van der Waals surface area contributed by atoms with Crippen LogP contribution in [0.5, 0.6) is 5.75 Å². The Balaban J connectivity index is 1.78. The van der Waals surface area contributed by atoms with Crippen molar-refractivity contribution >= 4 is 0 Å². The lowest BCUT2D eigenvalue weighted by molar-refractivity contribution is -0.277. The molecule has 0 spiro atoms. The van der Waals surface area contributed by atoms with Crippen LogP contribution in [0, 0.1) is 6.92 Å². The Morgan fingerprint density at radius 2 is 1.62 bits per heavy atom. The lowest BCUT2D eigenvalue weighted by atomic mass is 9.99. The Kier molecular flexibility index (Phi) is 5.90. The summed E-state index contributed by atoms with van der Waals surface area (Å²) in [7, 11) is 0. The first-order chi connectivity index (χ1) is 12.5. The molecule has 0 radical (unpaired) electrons. The van der Waals surface area contributed by atoms with Crippen LogP contribution in [0.3, 0.4) is 0 Å². The van der Waals surface area contributed by atoms with Gasteiger partial charge in [0.2, 0.25) is 6.29 Å². The highest BCUT2D eigenvalue weighted by atomic mass is 16.7. The SMILES string of the molecule is Cc1ccc(Cc2ccccc2O[C@H]2O[C@H](CO)[C@@H](O)[C@H](O)[C@H]2O)cc1. The summed E-state index contributed by atoms with van der Waals surface area (Å²) >= 11 is 0. The minimum absolute atomic E-state index is 0.490. The number of rotatable bonds is 5. The third-order valence-corrected chi connectivity index (χ3v) is 4.58. The lowest BCUT2D eigenvalue weighted by Gasteiger charge is -2.39. The maximum atomic E-state index is 10.2. The van der Waals surface area contributed by atoms with Crippen LogP contribution in [0.25, 0.3) is 0 Å². The molecule has 3 rings (SSSR count). The second-order valence-corrected chi connectivity index (χ2v) is 6.59. The van der Waals surface area contributed by atoms with Crippen LogP contribution in [0.15, 0.2) is 48.5 Å². The fourth-order valence-corrected chi connectivity index (χ4v) is 2.98. The van der Waals surface area contributed by atoms with E-state index < -0.39 is 37.3 Å². The lowest BCUT2D eigenvalue weighted by Crippen LogP contribution is -2.60. The molecule has 6 heteroatoms. The molecule has 0 saturated carbocycles. The number of aliphatic hydroxyl groups excluding tert-OH is 4. The van der Waals surface area contributed by atoms with Gasteiger partial charge in [-0.1, -0.05) is 48.0 Å². The molecule has 26 heavy (non-hydrogen) atoms. The minimum atomic E-state index is -1.46. The Hall–Kier alpha value is -1.96. The molecule has 1 fully saturated rings. The highest BCUT2D eigenvalue weighted by Gasteiger charge is 2.44. The second-order valence-electron chi connectivity index (χ2n) is 6.59. The molecule has 2 aromatic rings. The van der Waals surface area contributed by atoms with Gasteiger partial charge in [-0.3, -0.25) is 0 Å². The maximum Gasteiger partial charge on any atom is 0.229 e. The Morgan fingerprint density at radius 3 is 2.31 bits per heavy atom. The van der Waals surface area contributed by atoms with E-state index in [-0.39, 0.29) is 0 Å². The van der Waals surface area contributed by atoms with Crippen LogP contribution in [0.4, 0.5) is 0 Å². The summed E-state index contributed by atoms with van der Waals surface area (Å²) in [5.41, 5.74) is 3.19. The van der Waals surface area contributed by atoms with Gasteiger partial charge in [-0.2, -0.15) is 0 Å². The third kappa shape index (κ3) is 4.06. The molecule has 0 aliphatic carbocycles. The van der Waals surface area contributed by atoms with Crippen molar-refractivity contribution in [3.8, 4) is 5.75 Å². The van der Waals surface area contributed by atoms with Crippen molar-refractivity contribution in [2.75, 3.05) is 6.61 Å². The molecule has 1 saturated heterocycles. The molecule has 0 unspecified atom stereocenters. The van der Waals surface area contributed by atoms with Gasteiger partial charge in [0, 0.05) is 6.42 Å². The number of ether oxygens (including phenoxy) is 2. The molecule has 0 aromatic heterocycles. The molecule has 140 valence electrons. The van der Waals surface area contributed by atoms with Crippen molar-refractivity contribution in [2.45, 2.75) is 44.1 Å². The van der Waals surface area contributed by atoms with Crippen molar-refractivity contribution in [1.29, 1.82) is 0 Å². The van der Waals surface area contributed by atoms with E-state index in [0.717, 1.165) is 11.1 Å². The van der Waals surface area contributed by atoms with Crippen LogP contribution in [-0.4, -0.2) is 57.7 Å². The highest BCUT2D eigenvalue weighted by Crippen LogP contribution is 2.27. The van der Waals surface area contributed by atoms with E-state index >= 15 is 0 Å².